The molecule has 1 aliphatic rings. The normalized spacial score (nSPS) is 25.5. The van der Waals surface area contributed by atoms with E-state index in [1.165, 1.54) is 0 Å². The first-order valence-electron chi connectivity index (χ1n) is 1.99. The Morgan fingerprint density at radius 2 is 2.50 bits per heavy atom. The highest BCUT2D eigenvalue weighted by molar-refractivity contribution is 5.96. The molecule has 1 amide bonds. The number of rotatable bonds is 1. The molecule has 0 aromatic carbocycles. The van der Waals surface area contributed by atoms with Gasteiger partial charge in [-0.1, -0.05) is 5.22 Å². The van der Waals surface area contributed by atoms with E-state index in [4.69, 9.17) is 0 Å². The molecule has 8 heavy (non-hydrogen) atoms. The number of aldehydes is 1. The molecule has 0 aromatic rings. The van der Waals surface area contributed by atoms with E-state index in [1.54, 1.807) is 0 Å². The van der Waals surface area contributed by atoms with Crippen molar-refractivity contribution in [1.29, 1.82) is 0 Å². The SMILES string of the molecule is O=CC1N=NNC1=O. The van der Waals surface area contributed by atoms with Crippen LogP contribution >= 0.6 is 0 Å². The molecule has 1 heterocycles. The predicted octanol–water partition coefficient (Wildman–Crippen LogP) is -0.949. The van der Waals surface area contributed by atoms with Crippen LogP contribution in [0.2, 0.25) is 0 Å². The van der Waals surface area contributed by atoms with Gasteiger partial charge in [-0.25, -0.2) is 5.43 Å². The van der Waals surface area contributed by atoms with Crippen molar-refractivity contribution in [2.75, 3.05) is 0 Å². The van der Waals surface area contributed by atoms with Crippen LogP contribution in [0.15, 0.2) is 10.3 Å². The van der Waals surface area contributed by atoms with Crippen molar-refractivity contribution in [2.45, 2.75) is 6.04 Å². The monoisotopic (exact) mass is 113 g/mol. The number of nitrogens with zero attached hydrogens (tertiary/aromatic N) is 2. The molecule has 0 aromatic heterocycles. The van der Waals surface area contributed by atoms with Crippen molar-refractivity contribution in [2.24, 2.45) is 10.3 Å². The topological polar surface area (TPSA) is 70.9 Å². The minimum atomic E-state index is -0.907. The molecule has 1 atom stereocenters. The largest absolute Gasteiger partial charge is 0.300 e. The molecule has 0 saturated carbocycles. The van der Waals surface area contributed by atoms with Gasteiger partial charge in [0, 0.05) is 0 Å². The minimum absolute atomic E-state index is 0.436. The molecule has 42 valence electrons. The van der Waals surface area contributed by atoms with Crippen molar-refractivity contribution in [1.82, 2.24) is 5.43 Å². The quantitative estimate of drug-likeness (QED) is 0.352. The zero-order chi connectivity index (χ0) is 5.98. The fourth-order valence-electron chi connectivity index (χ4n) is 0.348. The van der Waals surface area contributed by atoms with Crippen LogP contribution in [0.25, 0.3) is 0 Å². The number of carbonyl (C=O) groups is 2. The highest BCUT2D eigenvalue weighted by Crippen LogP contribution is 1.93. The lowest BCUT2D eigenvalue weighted by Gasteiger charge is -1.84. The molecule has 1 N–H and O–H groups in total. The third-order valence-corrected chi connectivity index (χ3v) is 0.740. The van der Waals surface area contributed by atoms with Crippen LogP contribution in [-0.2, 0) is 9.59 Å². The maximum absolute atomic E-state index is 10.3. The van der Waals surface area contributed by atoms with Gasteiger partial charge >= 0.3 is 0 Å². The molecular weight excluding hydrogens is 110 g/mol. The van der Waals surface area contributed by atoms with Gasteiger partial charge in [-0.3, -0.25) is 4.79 Å². The lowest BCUT2D eigenvalue weighted by molar-refractivity contribution is -0.123. The molecule has 5 heteroatoms. The molecule has 1 unspecified atom stereocenters. The van der Waals surface area contributed by atoms with Gasteiger partial charge in [0.1, 0.15) is 0 Å². The number of amides is 1. The van der Waals surface area contributed by atoms with Crippen LogP contribution in [0.3, 0.4) is 0 Å². The van der Waals surface area contributed by atoms with Gasteiger partial charge in [0.05, 0.1) is 0 Å². The summed E-state index contributed by atoms with van der Waals surface area (Å²) in [6.07, 6.45) is 0.436. The molecule has 5 nitrogen and oxygen atoms in total. The summed E-state index contributed by atoms with van der Waals surface area (Å²) in [5.74, 6) is -0.458. The summed E-state index contributed by atoms with van der Waals surface area (Å²) in [6, 6.07) is -0.907. The van der Waals surface area contributed by atoms with E-state index in [1.807, 2.05) is 5.43 Å². The van der Waals surface area contributed by atoms with Crippen LogP contribution in [-0.4, -0.2) is 18.2 Å². The first-order chi connectivity index (χ1) is 3.84. The van der Waals surface area contributed by atoms with Crippen LogP contribution < -0.4 is 5.43 Å². The third-order valence-electron chi connectivity index (χ3n) is 0.740. The smallest absolute Gasteiger partial charge is 0.275 e. The van der Waals surface area contributed by atoms with Crippen molar-refractivity contribution < 1.29 is 9.59 Å². The zero-order valence-electron chi connectivity index (χ0n) is 3.87. The van der Waals surface area contributed by atoms with E-state index in [9.17, 15) is 9.59 Å². The van der Waals surface area contributed by atoms with Crippen LogP contribution in [0.4, 0.5) is 0 Å². The van der Waals surface area contributed by atoms with Gasteiger partial charge in [0.15, 0.2) is 6.29 Å². The second-order valence-electron chi connectivity index (χ2n) is 1.27. The Labute approximate surface area is 44.8 Å². The number of carbonyl (C=O) groups excluding carboxylic acids is 2. The van der Waals surface area contributed by atoms with Gasteiger partial charge < -0.3 is 4.79 Å². The second kappa shape index (κ2) is 1.69. The summed E-state index contributed by atoms with van der Waals surface area (Å²) in [5, 5.41) is 6.34. The Bertz CT molecular complexity index is 153. The number of nitrogens with one attached hydrogen (secondary N) is 1. The zero-order valence-corrected chi connectivity index (χ0v) is 3.87. The maximum atomic E-state index is 10.3. The molecular formula is C3H3N3O2. The van der Waals surface area contributed by atoms with Crippen LogP contribution in [0, 0.1) is 0 Å². The van der Waals surface area contributed by atoms with E-state index >= 15 is 0 Å². The molecule has 0 fully saturated rings. The standard InChI is InChI=1S/C3H3N3O2/c7-1-2-3(8)5-6-4-2/h1-2H,(H,4,5,8). The Balaban J connectivity index is 2.66. The first kappa shape index (κ1) is 4.89. The fraction of sp³-hybridized carbons (Fsp3) is 0.333. The van der Waals surface area contributed by atoms with Gasteiger partial charge in [-0.2, -0.15) is 0 Å². The van der Waals surface area contributed by atoms with Crippen LogP contribution in [0.5, 0.6) is 0 Å². The molecule has 0 aliphatic carbocycles. The summed E-state index contributed by atoms with van der Waals surface area (Å²) in [5.41, 5.74) is 2.01. The van der Waals surface area contributed by atoms with Gasteiger partial charge in [-0.15, -0.1) is 5.11 Å². The lowest BCUT2D eigenvalue weighted by atomic mass is 10.3. The van der Waals surface area contributed by atoms with Crippen molar-refractivity contribution in [3.63, 3.8) is 0 Å². The van der Waals surface area contributed by atoms with E-state index < -0.39 is 11.9 Å². The molecule has 0 spiro atoms. The van der Waals surface area contributed by atoms with E-state index in [2.05, 4.69) is 10.3 Å². The minimum Gasteiger partial charge on any atom is -0.300 e. The number of hydrogen-bond acceptors (Lipinski definition) is 4. The average Bonchev–Trinajstić information content (AvgIpc) is 2.14. The Hall–Kier alpha value is -1.26. The maximum Gasteiger partial charge on any atom is 0.275 e. The second-order valence-corrected chi connectivity index (χ2v) is 1.27. The highest BCUT2D eigenvalue weighted by atomic mass is 16.2. The van der Waals surface area contributed by atoms with E-state index in [-0.39, 0.29) is 0 Å². The van der Waals surface area contributed by atoms with Gasteiger partial charge in [-0.05, 0) is 0 Å². The molecule has 0 bridgehead atoms. The van der Waals surface area contributed by atoms with Crippen LogP contribution in [0.1, 0.15) is 0 Å². The third kappa shape index (κ3) is 0.575. The lowest BCUT2D eigenvalue weighted by Crippen LogP contribution is -2.23. The van der Waals surface area contributed by atoms with Crippen molar-refractivity contribution >= 4 is 12.2 Å². The van der Waals surface area contributed by atoms with Crippen molar-refractivity contribution in [3.05, 3.63) is 0 Å². The Morgan fingerprint density at radius 1 is 1.75 bits per heavy atom. The van der Waals surface area contributed by atoms with Gasteiger partial charge in [0.2, 0.25) is 6.04 Å². The van der Waals surface area contributed by atoms with E-state index in [0.29, 0.717) is 6.29 Å². The Morgan fingerprint density at radius 3 is 2.75 bits per heavy atom. The fourth-order valence-corrected chi connectivity index (χ4v) is 0.348. The highest BCUT2D eigenvalue weighted by Gasteiger charge is 2.20. The summed E-state index contributed by atoms with van der Waals surface area (Å²) in [7, 11) is 0. The summed E-state index contributed by atoms with van der Waals surface area (Å²) in [6.45, 7) is 0. The Kier molecular flexibility index (Phi) is 1.03. The predicted molar refractivity (Wildman–Crippen MR) is 22.9 cm³/mol. The molecule has 1 aliphatic heterocycles. The molecule has 0 saturated heterocycles. The average molecular weight is 113 g/mol. The van der Waals surface area contributed by atoms with E-state index in [0.717, 1.165) is 0 Å². The summed E-state index contributed by atoms with van der Waals surface area (Å²) < 4.78 is 0. The van der Waals surface area contributed by atoms with Crippen molar-refractivity contribution in [3.8, 4) is 0 Å². The number of hydrogen-bond donors (Lipinski definition) is 1. The summed E-state index contributed by atoms with van der Waals surface area (Å²) >= 11 is 0. The summed E-state index contributed by atoms with van der Waals surface area (Å²) in [4.78, 5) is 20.1. The first-order valence-corrected chi connectivity index (χ1v) is 1.99. The molecule has 1 rings (SSSR count). The van der Waals surface area contributed by atoms with Gasteiger partial charge in [0.25, 0.3) is 5.91 Å². The molecule has 0 radical (unpaired) electrons.